The predicted molar refractivity (Wildman–Crippen MR) is 117 cm³/mol. The van der Waals surface area contributed by atoms with Gasteiger partial charge in [0.25, 0.3) is 0 Å². The minimum Gasteiger partial charge on any atom is -0.397 e. The van der Waals surface area contributed by atoms with E-state index in [1.165, 1.54) is 0 Å². The lowest BCUT2D eigenvalue weighted by Gasteiger charge is -2.10. The SMILES string of the molecule is C.C.Nc1cnc([C@@H]2CCCO2)c(Cl)c1.Nc1cnc([C@H]2CCCO2)c(Cl)c1. The predicted octanol–water partition coefficient (Wildman–Crippen LogP) is 5.61. The Morgan fingerprint density at radius 2 is 1.18 bits per heavy atom. The maximum absolute atomic E-state index is 5.99. The molecule has 0 amide bonds. The fraction of sp³-hybridized carbons (Fsp3) is 0.500. The van der Waals surface area contributed by atoms with Crippen LogP contribution in [0.3, 0.4) is 0 Å². The Balaban J connectivity index is 0.000000261. The number of nitrogen functional groups attached to an aromatic ring is 2. The zero-order valence-corrected chi connectivity index (χ0v) is 15.8. The molecule has 2 saturated heterocycles. The lowest BCUT2D eigenvalue weighted by atomic mass is 10.1. The monoisotopic (exact) mass is 428 g/mol. The first-order chi connectivity index (χ1) is 12.5. The number of anilines is 2. The molecule has 0 spiro atoms. The normalized spacial score (nSPS) is 20.5. The van der Waals surface area contributed by atoms with E-state index in [2.05, 4.69) is 9.97 Å². The smallest absolute Gasteiger partial charge is 0.101 e. The first kappa shape index (κ1) is 24.4. The molecule has 2 aliphatic rings. The second-order valence-corrected chi connectivity index (χ2v) is 7.09. The van der Waals surface area contributed by atoms with Crippen molar-refractivity contribution in [3.63, 3.8) is 0 Å². The summed E-state index contributed by atoms with van der Waals surface area (Å²) >= 11 is 12.0. The molecular weight excluding hydrogens is 399 g/mol. The number of hydrogen-bond acceptors (Lipinski definition) is 6. The number of pyridine rings is 2. The van der Waals surface area contributed by atoms with E-state index in [4.69, 9.17) is 44.1 Å². The van der Waals surface area contributed by atoms with Gasteiger partial charge in [0.2, 0.25) is 0 Å². The summed E-state index contributed by atoms with van der Waals surface area (Å²) in [5.41, 5.74) is 13.9. The van der Waals surface area contributed by atoms with Crippen LogP contribution in [0.5, 0.6) is 0 Å². The summed E-state index contributed by atoms with van der Waals surface area (Å²) in [6.07, 6.45) is 7.50. The van der Waals surface area contributed by atoms with Crippen LogP contribution in [0.25, 0.3) is 0 Å². The van der Waals surface area contributed by atoms with Crippen LogP contribution in [0, 0.1) is 0 Å². The van der Waals surface area contributed by atoms with Crippen molar-refractivity contribution in [1.82, 2.24) is 9.97 Å². The third-order valence-electron chi connectivity index (χ3n) is 4.25. The summed E-state index contributed by atoms with van der Waals surface area (Å²) < 4.78 is 10.9. The number of nitrogens with zero attached hydrogens (tertiary/aromatic N) is 2. The van der Waals surface area contributed by atoms with Crippen LogP contribution in [0.4, 0.5) is 11.4 Å². The molecule has 0 aromatic carbocycles. The summed E-state index contributed by atoms with van der Waals surface area (Å²) in [7, 11) is 0. The van der Waals surface area contributed by atoms with Gasteiger partial charge in [-0.15, -0.1) is 0 Å². The van der Waals surface area contributed by atoms with E-state index in [1.807, 2.05) is 0 Å². The van der Waals surface area contributed by atoms with Gasteiger partial charge in [0.1, 0.15) is 12.2 Å². The Hall–Kier alpha value is -1.60. The van der Waals surface area contributed by atoms with Crippen molar-refractivity contribution in [2.75, 3.05) is 24.7 Å². The molecule has 2 fully saturated rings. The highest BCUT2D eigenvalue weighted by Crippen LogP contribution is 2.33. The second-order valence-electron chi connectivity index (χ2n) is 6.27. The highest BCUT2D eigenvalue weighted by Gasteiger charge is 2.22. The summed E-state index contributed by atoms with van der Waals surface area (Å²) in [4.78, 5) is 8.36. The fourth-order valence-electron chi connectivity index (χ4n) is 2.99. The van der Waals surface area contributed by atoms with Crippen LogP contribution in [-0.2, 0) is 9.47 Å². The Kier molecular flexibility index (Phi) is 9.96. The Bertz CT molecular complexity index is 685. The van der Waals surface area contributed by atoms with Gasteiger partial charge in [-0.1, -0.05) is 38.1 Å². The van der Waals surface area contributed by atoms with Gasteiger partial charge in [-0.25, -0.2) is 0 Å². The van der Waals surface area contributed by atoms with E-state index >= 15 is 0 Å². The highest BCUT2D eigenvalue weighted by molar-refractivity contribution is 6.31. The third kappa shape index (κ3) is 6.21. The molecule has 0 bridgehead atoms. The number of halogens is 2. The van der Waals surface area contributed by atoms with Gasteiger partial charge in [0, 0.05) is 13.2 Å². The molecule has 0 saturated carbocycles. The second kappa shape index (κ2) is 11.4. The zero-order chi connectivity index (χ0) is 18.5. The lowest BCUT2D eigenvalue weighted by Crippen LogP contribution is -2.01. The minimum absolute atomic E-state index is 0. The van der Waals surface area contributed by atoms with E-state index in [-0.39, 0.29) is 27.1 Å². The van der Waals surface area contributed by atoms with E-state index in [9.17, 15) is 0 Å². The molecule has 2 atom stereocenters. The van der Waals surface area contributed by atoms with E-state index in [0.29, 0.717) is 21.4 Å². The summed E-state index contributed by atoms with van der Waals surface area (Å²) in [5, 5.41) is 1.21. The molecule has 0 unspecified atom stereocenters. The standard InChI is InChI=1S/2C9H11ClN2O.2CH4/c2*10-7-4-6(11)5-12-9(7)8-2-1-3-13-8;;/h2*4-5,8H,1-3,11H2;2*1H4/t2*8-;;/m10../s1. The van der Waals surface area contributed by atoms with Crippen molar-refractivity contribution in [3.05, 3.63) is 46.0 Å². The van der Waals surface area contributed by atoms with Gasteiger partial charge in [0.05, 0.1) is 45.2 Å². The summed E-state index contributed by atoms with van der Waals surface area (Å²) in [6, 6.07) is 3.43. The van der Waals surface area contributed by atoms with Gasteiger partial charge in [-0.3, -0.25) is 9.97 Å². The molecule has 2 aromatic rings. The van der Waals surface area contributed by atoms with E-state index in [0.717, 1.165) is 50.3 Å². The van der Waals surface area contributed by atoms with Crippen LogP contribution in [-0.4, -0.2) is 23.2 Å². The first-order valence-corrected chi connectivity index (χ1v) is 9.35. The van der Waals surface area contributed by atoms with Crippen molar-refractivity contribution in [3.8, 4) is 0 Å². The third-order valence-corrected chi connectivity index (χ3v) is 4.86. The van der Waals surface area contributed by atoms with Gasteiger partial charge >= 0.3 is 0 Å². The summed E-state index contributed by atoms with van der Waals surface area (Å²) in [5.74, 6) is 0. The Labute approximate surface area is 177 Å². The number of hydrogen-bond donors (Lipinski definition) is 2. The van der Waals surface area contributed by atoms with Crippen molar-refractivity contribution in [1.29, 1.82) is 0 Å². The fourth-order valence-corrected chi connectivity index (χ4v) is 3.58. The van der Waals surface area contributed by atoms with Crippen LogP contribution >= 0.6 is 23.2 Å². The quantitative estimate of drug-likeness (QED) is 0.644. The number of aromatic nitrogens is 2. The first-order valence-electron chi connectivity index (χ1n) is 8.59. The van der Waals surface area contributed by atoms with Crippen molar-refractivity contribution in [2.24, 2.45) is 0 Å². The molecule has 2 aliphatic heterocycles. The van der Waals surface area contributed by atoms with Crippen molar-refractivity contribution in [2.45, 2.75) is 52.7 Å². The Morgan fingerprint density at radius 1 is 0.786 bits per heavy atom. The van der Waals surface area contributed by atoms with E-state index < -0.39 is 0 Å². The largest absolute Gasteiger partial charge is 0.397 e. The average Bonchev–Trinajstić information content (AvgIpc) is 3.29. The lowest BCUT2D eigenvalue weighted by molar-refractivity contribution is 0.108. The minimum atomic E-state index is 0. The highest BCUT2D eigenvalue weighted by atomic mass is 35.5. The number of ether oxygens (including phenoxy) is 2. The molecule has 4 heterocycles. The zero-order valence-electron chi connectivity index (χ0n) is 14.3. The van der Waals surface area contributed by atoms with Crippen molar-refractivity contribution < 1.29 is 9.47 Å². The number of nitrogens with two attached hydrogens (primary N) is 2. The van der Waals surface area contributed by atoms with Crippen LogP contribution < -0.4 is 11.5 Å². The van der Waals surface area contributed by atoms with Gasteiger partial charge in [-0.2, -0.15) is 0 Å². The van der Waals surface area contributed by atoms with E-state index in [1.54, 1.807) is 24.5 Å². The van der Waals surface area contributed by atoms with Gasteiger partial charge < -0.3 is 20.9 Å². The molecule has 8 heteroatoms. The molecule has 28 heavy (non-hydrogen) atoms. The molecular formula is C20H30Cl2N4O2. The molecule has 0 aliphatic carbocycles. The molecule has 0 radical (unpaired) electrons. The Morgan fingerprint density at radius 3 is 1.46 bits per heavy atom. The molecule has 2 aromatic heterocycles. The van der Waals surface area contributed by atoms with Crippen LogP contribution in [0.1, 0.15) is 64.1 Å². The molecule has 6 nitrogen and oxygen atoms in total. The maximum atomic E-state index is 5.99. The molecule has 4 N–H and O–H groups in total. The molecule has 156 valence electrons. The average molecular weight is 429 g/mol. The number of rotatable bonds is 2. The van der Waals surface area contributed by atoms with Gasteiger partial charge in [-0.05, 0) is 37.8 Å². The van der Waals surface area contributed by atoms with Crippen molar-refractivity contribution >= 4 is 34.6 Å². The van der Waals surface area contributed by atoms with Gasteiger partial charge in [0.15, 0.2) is 0 Å². The van der Waals surface area contributed by atoms with Crippen LogP contribution in [0.2, 0.25) is 10.0 Å². The molecule has 4 rings (SSSR count). The topological polar surface area (TPSA) is 96.3 Å². The maximum Gasteiger partial charge on any atom is 0.101 e. The summed E-state index contributed by atoms with van der Waals surface area (Å²) in [6.45, 7) is 1.60. The van der Waals surface area contributed by atoms with Crippen LogP contribution in [0.15, 0.2) is 24.5 Å².